The average molecular weight is 469 g/mol. The zero-order valence-corrected chi connectivity index (χ0v) is 22.6. The molecule has 0 aliphatic carbocycles. The predicted octanol–water partition coefficient (Wildman–Crippen LogP) is 3.79. The van der Waals surface area contributed by atoms with Gasteiger partial charge in [-0.05, 0) is 31.6 Å². The van der Waals surface area contributed by atoms with Crippen LogP contribution >= 0.6 is 0 Å². The fraction of sp³-hybridized carbons (Fsp3) is 0.885. The molecule has 2 amide bonds. The van der Waals surface area contributed by atoms with Gasteiger partial charge < -0.3 is 19.3 Å². The quantitative estimate of drug-likeness (QED) is 0.411. The van der Waals surface area contributed by atoms with E-state index in [2.05, 4.69) is 13.8 Å². The monoisotopic (exact) mass is 468 g/mol. The summed E-state index contributed by atoms with van der Waals surface area (Å²) >= 11 is 0. The van der Waals surface area contributed by atoms with E-state index in [-0.39, 0.29) is 65.9 Å². The van der Waals surface area contributed by atoms with Crippen molar-refractivity contribution in [2.45, 2.75) is 98.4 Å². The van der Waals surface area contributed by atoms with Gasteiger partial charge in [-0.3, -0.25) is 14.4 Å². The fourth-order valence-corrected chi connectivity index (χ4v) is 4.99. The second-order valence-corrected chi connectivity index (χ2v) is 10.2. The number of ketones is 1. The van der Waals surface area contributed by atoms with E-state index in [1.165, 1.54) is 0 Å². The number of likely N-dealkylation sites (tertiary alicyclic amines) is 1. The van der Waals surface area contributed by atoms with Crippen molar-refractivity contribution in [2.75, 3.05) is 27.8 Å². The lowest BCUT2D eigenvalue weighted by Gasteiger charge is -2.40. The first kappa shape index (κ1) is 29.6. The Hall–Kier alpha value is -1.47. The zero-order valence-electron chi connectivity index (χ0n) is 22.6. The molecule has 0 radical (unpaired) electrons. The van der Waals surface area contributed by atoms with Gasteiger partial charge in [0, 0.05) is 39.6 Å². The highest BCUT2D eigenvalue weighted by Gasteiger charge is 2.41. The van der Waals surface area contributed by atoms with Crippen molar-refractivity contribution in [2.24, 2.45) is 23.7 Å². The van der Waals surface area contributed by atoms with Crippen LogP contribution in [0.3, 0.4) is 0 Å². The number of rotatable bonds is 13. The van der Waals surface area contributed by atoms with Crippen LogP contribution in [0.2, 0.25) is 0 Å². The van der Waals surface area contributed by atoms with Gasteiger partial charge in [-0.15, -0.1) is 0 Å². The number of carbonyl (C=O) groups is 3. The molecule has 1 rings (SSSR count). The largest absolute Gasteiger partial charge is 0.379 e. The predicted molar refractivity (Wildman–Crippen MR) is 131 cm³/mol. The number of carbonyl (C=O) groups excluding carboxylic acids is 3. The Morgan fingerprint density at radius 3 is 2.09 bits per heavy atom. The molecule has 1 saturated heterocycles. The number of hydrogen-bond acceptors (Lipinski definition) is 5. The first-order valence-corrected chi connectivity index (χ1v) is 12.5. The van der Waals surface area contributed by atoms with Crippen LogP contribution in [0.25, 0.3) is 0 Å². The molecule has 1 aliphatic rings. The average Bonchev–Trinajstić information content (AvgIpc) is 3.26. The Kier molecular flexibility index (Phi) is 12.0. The molecular weight excluding hydrogens is 420 g/mol. The Morgan fingerprint density at radius 1 is 1.03 bits per heavy atom. The van der Waals surface area contributed by atoms with E-state index in [1.54, 1.807) is 26.0 Å². The summed E-state index contributed by atoms with van der Waals surface area (Å²) in [6.07, 6.45) is 2.04. The summed E-state index contributed by atoms with van der Waals surface area (Å²) in [5.41, 5.74) is 0. The van der Waals surface area contributed by atoms with Gasteiger partial charge in [-0.1, -0.05) is 48.0 Å². The van der Waals surface area contributed by atoms with Gasteiger partial charge in [0.2, 0.25) is 11.8 Å². The van der Waals surface area contributed by atoms with Crippen LogP contribution in [0.5, 0.6) is 0 Å². The first-order chi connectivity index (χ1) is 15.4. The lowest BCUT2D eigenvalue weighted by atomic mass is 9.88. The maximum Gasteiger partial charge on any atom is 0.225 e. The highest BCUT2D eigenvalue weighted by molar-refractivity contribution is 5.81. The third-order valence-corrected chi connectivity index (χ3v) is 7.88. The van der Waals surface area contributed by atoms with E-state index in [1.807, 2.05) is 39.6 Å². The third kappa shape index (κ3) is 7.25. The maximum absolute atomic E-state index is 13.5. The molecule has 192 valence electrons. The van der Waals surface area contributed by atoms with Crippen molar-refractivity contribution in [3.8, 4) is 0 Å². The number of Topliss-reactive ketones (excluding diaryl/α,β-unsaturated/α-hetero) is 1. The SMILES string of the molecule is CC[C@H](C)[C@@H](C(CC(=O)N1CCC[C@H]1[C@H](OC)[C@@H](C)C(C)=O)OC)N(C)C(=O)[C@@H](C)C(C)C. The van der Waals surface area contributed by atoms with Crippen molar-refractivity contribution in [1.82, 2.24) is 9.80 Å². The van der Waals surface area contributed by atoms with Crippen LogP contribution in [0.1, 0.15) is 74.1 Å². The van der Waals surface area contributed by atoms with Crippen molar-refractivity contribution in [3.63, 3.8) is 0 Å². The topological polar surface area (TPSA) is 76.2 Å². The van der Waals surface area contributed by atoms with E-state index in [9.17, 15) is 14.4 Å². The minimum atomic E-state index is -0.409. The number of methoxy groups -OCH3 is 2. The summed E-state index contributed by atoms with van der Waals surface area (Å²) in [7, 11) is 5.07. The molecule has 33 heavy (non-hydrogen) atoms. The van der Waals surface area contributed by atoms with Crippen LogP contribution in [0.15, 0.2) is 0 Å². The molecular formula is C26H48N2O5. The summed E-state index contributed by atoms with van der Waals surface area (Å²) in [5, 5.41) is 0. The van der Waals surface area contributed by atoms with Gasteiger partial charge in [-0.2, -0.15) is 0 Å². The molecule has 7 atom stereocenters. The lowest BCUT2D eigenvalue weighted by Crippen LogP contribution is -2.53. The fourth-order valence-electron chi connectivity index (χ4n) is 4.99. The minimum Gasteiger partial charge on any atom is -0.379 e. The number of ether oxygens (including phenoxy) is 2. The summed E-state index contributed by atoms with van der Waals surface area (Å²) in [5.74, 6) is 0.169. The molecule has 1 fully saturated rings. The van der Waals surface area contributed by atoms with Crippen molar-refractivity contribution < 1.29 is 23.9 Å². The number of nitrogens with zero attached hydrogens (tertiary/aromatic N) is 2. The van der Waals surface area contributed by atoms with E-state index in [0.29, 0.717) is 6.54 Å². The van der Waals surface area contributed by atoms with E-state index in [4.69, 9.17) is 9.47 Å². The summed E-state index contributed by atoms with van der Waals surface area (Å²) in [4.78, 5) is 42.3. The standard InChI is InChI=1S/C26H48N2O5/c1-11-17(4)24(27(8)26(31)18(5)16(2)3)22(32-9)15-23(30)28-14-12-13-21(28)25(33-10)19(6)20(7)29/h16-19,21-22,24-25H,11-15H2,1-10H3/t17-,18-,19-,21-,22?,24-,25+/m0/s1. The number of likely N-dealkylation sites (N-methyl/N-ethyl adjacent to an activating group) is 1. The van der Waals surface area contributed by atoms with Gasteiger partial charge in [-0.25, -0.2) is 0 Å². The second-order valence-electron chi connectivity index (χ2n) is 10.2. The Balaban J connectivity index is 3.11. The molecule has 0 aromatic rings. The molecule has 7 heteroatoms. The summed E-state index contributed by atoms with van der Waals surface area (Å²) in [6, 6.07) is -0.325. The van der Waals surface area contributed by atoms with Gasteiger partial charge in [0.05, 0.1) is 30.7 Å². The Bertz CT molecular complexity index is 653. The second kappa shape index (κ2) is 13.4. The first-order valence-electron chi connectivity index (χ1n) is 12.5. The Morgan fingerprint density at radius 2 is 1.64 bits per heavy atom. The molecule has 0 aromatic carbocycles. The molecule has 1 heterocycles. The summed E-state index contributed by atoms with van der Waals surface area (Å²) < 4.78 is 11.5. The lowest BCUT2D eigenvalue weighted by molar-refractivity contribution is -0.147. The zero-order chi connectivity index (χ0) is 25.5. The van der Waals surface area contributed by atoms with Crippen LogP contribution < -0.4 is 0 Å². The number of amides is 2. The normalized spacial score (nSPS) is 21.9. The highest BCUT2D eigenvalue weighted by atomic mass is 16.5. The van der Waals surface area contributed by atoms with Crippen LogP contribution in [0, 0.1) is 23.7 Å². The van der Waals surface area contributed by atoms with Crippen molar-refractivity contribution >= 4 is 17.6 Å². The summed E-state index contributed by atoms with van der Waals surface area (Å²) in [6.45, 7) is 14.4. The van der Waals surface area contributed by atoms with Crippen LogP contribution in [-0.2, 0) is 23.9 Å². The van der Waals surface area contributed by atoms with Gasteiger partial charge in [0.15, 0.2) is 0 Å². The smallest absolute Gasteiger partial charge is 0.225 e. The van der Waals surface area contributed by atoms with Gasteiger partial charge >= 0.3 is 0 Å². The van der Waals surface area contributed by atoms with Crippen LogP contribution in [0.4, 0.5) is 0 Å². The van der Waals surface area contributed by atoms with E-state index < -0.39 is 6.10 Å². The number of hydrogen-bond donors (Lipinski definition) is 0. The highest BCUT2D eigenvalue weighted by Crippen LogP contribution is 2.29. The van der Waals surface area contributed by atoms with Crippen molar-refractivity contribution in [1.29, 1.82) is 0 Å². The molecule has 0 aromatic heterocycles. The molecule has 0 bridgehead atoms. The van der Waals surface area contributed by atoms with Gasteiger partial charge in [0.25, 0.3) is 0 Å². The van der Waals surface area contributed by atoms with E-state index in [0.717, 1.165) is 19.3 Å². The molecule has 1 aliphatic heterocycles. The minimum absolute atomic E-state index is 0.00629. The van der Waals surface area contributed by atoms with E-state index >= 15 is 0 Å². The maximum atomic E-state index is 13.5. The van der Waals surface area contributed by atoms with Crippen molar-refractivity contribution in [3.05, 3.63) is 0 Å². The molecule has 1 unspecified atom stereocenters. The third-order valence-electron chi connectivity index (χ3n) is 7.88. The Labute approximate surface area is 201 Å². The molecule has 0 N–H and O–H groups in total. The molecule has 0 saturated carbocycles. The molecule has 0 spiro atoms. The molecule has 7 nitrogen and oxygen atoms in total. The van der Waals surface area contributed by atoms with Gasteiger partial charge in [0.1, 0.15) is 5.78 Å². The van der Waals surface area contributed by atoms with Crippen LogP contribution in [-0.4, -0.2) is 79.5 Å².